The SMILES string of the molecule is CC(C)=CCC/C(C)=C/C(C)C(C)c1ccccc1. The molecule has 0 aliphatic heterocycles. The highest BCUT2D eigenvalue weighted by Gasteiger charge is 2.11. The summed E-state index contributed by atoms with van der Waals surface area (Å²) in [6.07, 6.45) is 7.10. The summed E-state index contributed by atoms with van der Waals surface area (Å²) in [4.78, 5) is 0. The molecule has 1 aromatic rings. The smallest absolute Gasteiger partial charge is 0.0130 e. The highest BCUT2D eigenvalue weighted by atomic mass is 14.2. The average Bonchev–Trinajstić information content (AvgIpc) is 2.38. The Kier molecular flexibility index (Phi) is 6.62. The van der Waals surface area contributed by atoms with E-state index in [1.807, 2.05) is 0 Å². The lowest BCUT2D eigenvalue weighted by molar-refractivity contribution is 0.585. The van der Waals surface area contributed by atoms with E-state index in [1.54, 1.807) is 0 Å². The first-order valence-electron chi connectivity index (χ1n) is 7.36. The van der Waals surface area contributed by atoms with Crippen LogP contribution < -0.4 is 0 Å². The first-order valence-corrected chi connectivity index (χ1v) is 7.36. The van der Waals surface area contributed by atoms with Crippen molar-refractivity contribution in [2.45, 2.75) is 53.4 Å². The van der Waals surface area contributed by atoms with E-state index in [2.05, 4.69) is 77.1 Å². The minimum absolute atomic E-state index is 0.583. The summed E-state index contributed by atoms with van der Waals surface area (Å²) in [6.45, 7) is 11.2. The molecule has 0 saturated carbocycles. The number of rotatable bonds is 6. The van der Waals surface area contributed by atoms with Crippen LogP contribution >= 0.6 is 0 Å². The van der Waals surface area contributed by atoms with Crippen LogP contribution in [0.4, 0.5) is 0 Å². The van der Waals surface area contributed by atoms with Crippen molar-refractivity contribution in [1.82, 2.24) is 0 Å². The number of hydrogen-bond donors (Lipinski definition) is 0. The summed E-state index contributed by atoms with van der Waals surface area (Å²) in [5, 5.41) is 0. The van der Waals surface area contributed by atoms with E-state index in [0.717, 1.165) is 6.42 Å². The van der Waals surface area contributed by atoms with Gasteiger partial charge in [-0.1, -0.05) is 67.5 Å². The van der Waals surface area contributed by atoms with Crippen molar-refractivity contribution in [3.05, 3.63) is 59.2 Å². The van der Waals surface area contributed by atoms with Gasteiger partial charge in [0.2, 0.25) is 0 Å². The second-order valence-corrected chi connectivity index (χ2v) is 5.89. The Hall–Kier alpha value is -1.30. The van der Waals surface area contributed by atoms with Gasteiger partial charge in [-0.05, 0) is 51.0 Å². The van der Waals surface area contributed by atoms with Crippen LogP contribution in [0.1, 0.15) is 58.9 Å². The first-order chi connectivity index (χ1) is 9.00. The van der Waals surface area contributed by atoms with Gasteiger partial charge in [0.25, 0.3) is 0 Å². The van der Waals surface area contributed by atoms with Crippen LogP contribution in [0.25, 0.3) is 0 Å². The molecule has 0 radical (unpaired) electrons. The highest BCUT2D eigenvalue weighted by molar-refractivity contribution is 5.21. The Morgan fingerprint density at radius 3 is 2.26 bits per heavy atom. The van der Waals surface area contributed by atoms with Crippen LogP contribution in [0.2, 0.25) is 0 Å². The zero-order valence-corrected chi connectivity index (χ0v) is 13.1. The molecule has 0 bridgehead atoms. The fraction of sp³-hybridized carbons (Fsp3) is 0.474. The predicted molar refractivity (Wildman–Crippen MR) is 86.4 cm³/mol. The maximum atomic E-state index is 2.44. The zero-order chi connectivity index (χ0) is 14.3. The summed E-state index contributed by atoms with van der Waals surface area (Å²) >= 11 is 0. The number of hydrogen-bond acceptors (Lipinski definition) is 0. The van der Waals surface area contributed by atoms with E-state index in [-0.39, 0.29) is 0 Å². The third-order valence-corrected chi connectivity index (χ3v) is 3.75. The van der Waals surface area contributed by atoms with Crippen molar-refractivity contribution in [2.75, 3.05) is 0 Å². The first kappa shape index (κ1) is 15.8. The van der Waals surface area contributed by atoms with Crippen molar-refractivity contribution in [3.63, 3.8) is 0 Å². The second-order valence-electron chi connectivity index (χ2n) is 5.89. The monoisotopic (exact) mass is 256 g/mol. The molecule has 0 amide bonds. The van der Waals surface area contributed by atoms with Crippen LogP contribution in [0.3, 0.4) is 0 Å². The van der Waals surface area contributed by atoms with Gasteiger partial charge in [0, 0.05) is 0 Å². The molecule has 1 aromatic carbocycles. The molecule has 1 rings (SSSR count). The third-order valence-electron chi connectivity index (χ3n) is 3.75. The molecule has 2 atom stereocenters. The van der Waals surface area contributed by atoms with Gasteiger partial charge in [-0.25, -0.2) is 0 Å². The van der Waals surface area contributed by atoms with Gasteiger partial charge in [0.15, 0.2) is 0 Å². The van der Waals surface area contributed by atoms with E-state index in [4.69, 9.17) is 0 Å². The van der Waals surface area contributed by atoms with Gasteiger partial charge in [-0.3, -0.25) is 0 Å². The Morgan fingerprint density at radius 1 is 1.05 bits per heavy atom. The molecule has 0 aliphatic rings. The lowest BCUT2D eigenvalue weighted by Crippen LogP contribution is -2.04. The van der Waals surface area contributed by atoms with Gasteiger partial charge < -0.3 is 0 Å². The lowest BCUT2D eigenvalue weighted by atomic mass is 9.87. The summed E-state index contributed by atoms with van der Waals surface area (Å²) in [5.74, 6) is 1.17. The molecule has 0 saturated heterocycles. The molecular weight excluding hydrogens is 228 g/mol. The Labute approximate surface area is 119 Å². The van der Waals surface area contributed by atoms with Gasteiger partial charge in [0.1, 0.15) is 0 Å². The lowest BCUT2D eigenvalue weighted by Gasteiger charge is -2.18. The van der Waals surface area contributed by atoms with Crippen molar-refractivity contribution in [1.29, 1.82) is 0 Å². The second kappa shape index (κ2) is 7.99. The number of allylic oxidation sites excluding steroid dienone is 4. The molecule has 19 heavy (non-hydrogen) atoms. The average molecular weight is 256 g/mol. The fourth-order valence-electron chi connectivity index (χ4n) is 2.33. The Morgan fingerprint density at radius 2 is 1.68 bits per heavy atom. The van der Waals surface area contributed by atoms with E-state index in [0.29, 0.717) is 11.8 Å². The van der Waals surface area contributed by atoms with Gasteiger partial charge in [-0.2, -0.15) is 0 Å². The molecule has 0 fully saturated rings. The maximum absolute atomic E-state index is 2.44. The van der Waals surface area contributed by atoms with Crippen molar-refractivity contribution in [2.24, 2.45) is 5.92 Å². The standard InChI is InChI=1S/C19H28/c1-15(2)10-9-11-16(3)14-17(4)18(5)19-12-7-6-8-13-19/h6-8,10,12-14,17-18H,9,11H2,1-5H3/b16-14+. The molecule has 0 aromatic heterocycles. The largest absolute Gasteiger partial charge is 0.0856 e. The molecule has 2 unspecified atom stereocenters. The van der Waals surface area contributed by atoms with Crippen LogP contribution in [0.15, 0.2) is 53.6 Å². The zero-order valence-electron chi connectivity index (χ0n) is 13.1. The quantitative estimate of drug-likeness (QED) is 0.538. The number of benzene rings is 1. The molecule has 0 heterocycles. The highest BCUT2D eigenvalue weighted by Crippen LogP contribution is 2.26. The molecule has 0 spiro atoms. The Balaban J connectivity index is 2.57. The molecular formula is C19H28. The van der Waals surface area contributed by atoms with Crippen molar-refractivity contribution in [3.8, 4) is 0 Å². The van der Waals surface area contributed by atoms with Gasteiger partial charge in [-0.15, -0.1) is 0 Å². The molecule has 104 valence electrons. The van der Waals surface area contributed by atoms with Gasteiger partial charge in [0.05, 0.1) is 0 Å². The Bertz CT molecular complexity index is 419. The molecule has 0 heteroatoms. The molecule has 0 nitrogen and oxygen atoms in total. The van der Waals surface area contributed by atoms with Crippen LogP contribution in [-0.4, -0.2) is 0 Å². The maximum Gasteiger partial charge on any atom is -0.0130 e. The van der Waals surface area contributed by atoms with Crippen molar-refractivity contribution < 1.29 is 0 Å². The topological polar surface area (TPSA) is 0 Å². The van der Waals surface area contributed by atoms with E-state index >= 15 is 0 Å². The van der Waals surface area contributed by atoms with Crippen LogP contribution in [0, 0.1) is 5.92 Å². The van der Waals surface area contributed by atoms with Crippen LogP contribution in [0.5, 0.6) is 0 Å². The summed E-state index contributed by atoms with van der Waals surface area (Å²) in [7, 11) is 0. The minimum Gasteiger partial charge on any atom is -0.0856 e. The predicted octanol–water partition coefficient (Wildman–Crippen LogP) is 6.12. The van der Waals surface area contributed by atoms with Crippen molar-refractivity contribution >= 4 is 0 Å². The molecule has 0 N–H and O–H groups in total. The fourth-order valence-corrected chi connectivity index (χ4v) is 2.33. The third kappa shape index (κ3) is 5.92. The van der Waals surface area contributed by atoms with E-state index in [9.17, 15) is 0 Å². The molecule has 0 aliphatic carbocycles. The minimum atomic E-state index is 0.583. The summed E-state index contributed by atoms with van der Waals surface area (Å²) in [5.41, 5.74) is 4.36. The van der Waals surface area contributed by atoms with E-state index in [1.165, 1.54) is 23.1 Å². The van der Waals surface area contributed by atoms with E-state index < -0.39 is 0 Å². The van der Waals surface area contributed by atoms with Gasteiger partial charge >= 0.3 is 0 Å². The van der Waals surface area contributed by atoms with Crippen LogP contribution in [-0.2, 0) is 0 Å². The normalized spacial score (nSPS) is 14.9. The summed E-state index contributed by atoms with van der Waals surface area (Å²) in [6, 6.07) is 10.8. The summed E-state index contributed by atoms with van der Waals surface area (Å²) < 4.78 is 0.